The van der Waals surface area contributed by atoms with E-state index in [1.165, 1.54) is 5.56 Å². The van der Waals surface area contributed by atoms with Gasteiger partial charge in [0, 0.05) is 34.1 Å². The van der Waals surface area contributed by atoms with E-state index < -0.39 is 0 Å². The molecule has 0 saturated heterocycles. The molecule has 0 bridgehead atoms. The minimum Gasteiger partial charge on any atom is -0.398 e. The van der Waals surface area contributed by atoms with Crippen LogP contribution in [0, 0.1) is 6.92 Å². The number of nitrogens with zero attached hydrogens (tertiary/aromatic N) is 2. The van der Waals surface area contributed by atoms with Crippen LogP contribution in [0.15, 0.2) is 40.9 Å². The number of nitrogen functional groups attached to an aromatic ring is 1. The van der Waals surface area contributed by atoms with Gasteiger partial charge in [-0.3, -0.25) is 4.40 Å². The predicted molar refractivity (Wildman–Crippen MR) is 78.2 cm³/mol. The first-order valence-electron chi connectivity index (χ1n) is 5.62. The van der Waals surface area contributed by atoms with Gasteiger partial charge < -0.3 is 5.73 Å². The number of hydrogen-bond acceptors (Lipinski definition) is 4. The summed E-state index contributed by atoms with van der Waals surface area (Å²) < 4.78 is 2.05. The van der Waals surface area contributed by atoms with Crippen molar-refractivity contribution in [3.8, 4) is 0 Å². The van der Waals surface area contributed by atoms with Crippen LogP contribution >= 0.6 is 23.1 Å². The van der Waals surface area contributed by atoms with Gasteiger partial charge in [-0.05, 0) is 24.6 Å². The molecule has 1 aromatic carbocycles. The van der Waals surface area contributed by atoms with Crippen LogP contribution in [0.1, 0.15) is 11.3 Å². The highest BCUT2D eigenvalue weighted by molar-refractivity contribution is 7.98. The Bertz CT molecular complexity index is 656. The van der Waals surface area contributed by atoms with Gasteiger partial charge in [0.25, 0.3) is 0 Å². The number of thiazole rings is 1. The Hall–Kier alpha value is -1.46. The van der Waals surface area contributed by atoms with Gasteiger partial charge in [0.05, 0.1) is 5.69 Å². The SMILES string of the molecule is Cc1ccc(SCc2cn3ccsc3n2)c(N)c1. The maximum Gasteiger partial charge on any atom is 0.193 e. The molecule has 0 aliphatic rings. The molecule has 0 spiro atoms. The van der Waals surface area contributed by atoms with E-state index in [2.05, 4.69) is 27.7 Å². The van der Waals surface area contributed by atoms with Gasteiger partial charge in [0.1, 0.15) is 0 Å². The largest absolute Gasteiger partial charge is 0.398 e. The maximum atomic E-state index is 6.00. The normalized spacial score (nSPS) is 11.2. The van der Waals surface area contributed by atoms with Gasteiger partial charge in [-0.2, -0.15) is 0 Å². The fourth-order valence-corrected chi connectivity index (χ4v) is 3.35. The number of aryl methyl sites for hydroxylation is 1. The van der Waals surface area contributed by atoms with E-state index in [9.17, 15) is 0 Å². The highest BCUT2D eigenvalue weighted by Gasteiger charge is 2.05. The lowest BCUT2D eigenvalue weighted by molar-refractivity contribution is 1.21. The van der Waals surface area contributed by atoms with E-state index in [4.69, 9.17) is 5.73 Å². The van der Waals surface area contributed by atoms with E-state index in [0.717, 1.165) is 27.0 Å². The van der Waals surface area contributed by atoms with E-state index >= 15 is 0 Å². The van der Waals surface area contributed by atoms with Crippen molar-refractivity contribution < 1.29 is 0 Å². The second-order valence-corrected chi connectivity index (χ2v) is 6.05. The van der Waals surface area contributed by atoms with Crippen LogP contribution in [0.25, 0.3) is 4.96 Å². The van der Waals surface area contributed by atoms with E-state index in [1.807, 2.05) is 24.6 Å². The first kappa shape index (κ1) is 11.6. The summed E-state index contributed by atoms with van der Waals surface area (Å²) in [5.74, 6) is 0.849. The zero-order chi connectivity index (χ0) is 12.5. The second kappa shape index (κ2) is 4.66. The van der Waals surface area contributed by atoms with Gasteiger partial charge in [-0.15, -0.1) is 23.1 Å². The van der Waals surface area contributed by atoms with E-state index in [0.29, 0.717) is 0 Å². The summed E-state index contributed by atoms with van der Waals surface area (Å²) in [6, 6.07) is 6.17. The van der Waals surface area contributed by atoms with Crippen molar-refractivity contribution in [3.05, 3.63) is 47.2 Å². The molecule has 0 atom stereocenters. The molecule has 18 heavy (non-hydrogen) atoms. The highest BCUT2D eigenvalue weighted by atomic mass is 32.2. The maximum absolute atomic E-state index is 6.00. The van der Waals surface area contributed by atoms with Crippen LogP contribution in [-0.2, 0) is 5.75 Å². The van der Waals surface area contributed by atoms with Gasteiger partial charge in [0.15, 0.2) is 4.96 Å². The number of rotatable bonds is 3. The summed E-state index contributed by atoms with van der Waals surface area (Å²) in [5.41, 5.74) is 9.13. The molecule has 92 valence electrons. The average Bonchev–Trinajstić information content (AvgIpc) is 2.88. The van der Waals surface area contributed by atoms with E-state index in [-0.39, 0.29) is 0 Å². The molecule has 2 aromatic heterocycles. The Morgan fingerprint density at radius 3 is 3.11 bits per heavy atom. The molecule has 5 heteroatoms. The summed E-state index contributed by atoms with van der Waals surface area (Å²) in [7, 11) is 0. The highest BCUT2D eigenvalue weighted by Crippen LogP contribution is 2.28. The summed E-state index contributed by atoms with van der Waals surface area (Å²) in [6.45, 7) is 2.05. The number of imidazole rings is 1. The zero-order valence-corrected chi connectivity index (χ0v) is 11.6. The predicted octanol–water partition coefficient (Wildman–Crippen LogP) is 3.58. The Kier molecular flexibility index (Phi) is 3.01. The molecule has 0 aliphatic carbocycles. The first-order chi connectivity index (χ1) is 8.72. The van der Waals surface area contributed by atoms with Crippen molar-refractivity contribution in [2.24, 2.45) is 0 Å². The molecular weight excluding hydrogens is 262 g/mol. The number of benzene rings is 1. The summed E-state index contributed by atoms with van der Waals surface area (Å²) in [4.78, 5) is 6.72. The molecular formula is C13H13N3S2. The van der Waals surface area contributed by atoms with Crippen LogP contribution < -0.4 is 5.73 Å². The Balaban J connectivity index is 1.76. The molecule has 2 heterocycles. The number of hydrogen-bond donors (Lipinski definition) is 1. The zero-order valence-electron chi connectivity index (χ0n) is 9.96. The Morgan fingerprint density at radius 2 is 2.33 bits per heavy atom. The van der Waals surface area contributed by atoms with Crippen molar-refractivity contribution >= 4 is 33.7 Å². The summed E-state index contributed by atoms with van der Waals surface area (Å²) in [5, 5.41) is 2.04. The van der Waals surface area contributed by atoms with Crippen molar-refractivity contribution in [1.29, 1.82) is 0 Å². The van der Waals surface area contributed by atoms with Crippen molar-refractivity contribution in [1.82, 2.24) is 9.38 Å². The van der Waals surface area contributed by atoms with Crippen molar-refractivity contribution in [2.45, 2.75) is 17.6 Å². The fourth-order valence-electron chi connectivity index (χ4n) is 1.80. The molecule has 0 unspecified atom stereocenters. The number of thioether (sulfide) groups is 1. The van der Waals surface area contributed by atoms with Crippen molar-refractivity contribution in [2.75, 3.05) is 5.73 Å². The van der Waals surface area contributed by atoms with Crippen LogP contribution in [0.2, 0.25) is 0 Å². The van der Waals surface area contributed by atoms with Crippen LogP contribution in [-0.4, -0.2) is 9.38 Å². The van der Waals surface area contributed by atoms with Crippen LogP contribution in [0.4, 0.5) is 5.69 Å². The van der Waals surface area contributed by atoms with E-state index in [1.54, 1.807) is 23.1 Å². The molecule has 2 N–H and O–H groups in total. The lowest BCUT2D eigenvalue weighted by atomic mass is 10.2. The number of nitrogens with two attached hydrogens (primary N) is 1. The fraction of sp³-hybridized carbons (Fsp3) is 0.154. The third-order valence-corrected chi connectivity index (χ3v) is 4.58. The standard InChI is InChI=1S/C13H13N3S2/c1-9-2-3-12(11(14)6-9)18-8-10-7-16-4-5-17-13(16)15-10/h2-7H,8,14H2,1H3. The number of fused-ring (bicyclic) bond motifs is 1. The molecule has 0 radical (unpaired) electrons. The van der Waals surface area contributed by atoms with Gasteiger partial charge in [0.2, 0.25) is 0 Å². The molecule has 0 saturated carbocycles. The first-order valence-corrected chi connectivity index (χ1v) is 7.49. The molecule has 3 aromatic rings. The quantitative estimate of drug-likeness (QED) is 0.587. The minimum atomic E-state index is 0.848. The molecule has 3 rings (SSSR count). The average molecular weight is 275 g/mol. The second-order valence-electron chi connectivity index (χ2n) is 4.16. The lowest BCUT2D eigenvalue weighted by Crippen LogP contribution is -1.90. The smallest absolute Gasteiger partial charge is 0.193 e. The Morgan fingerprint density at radius 1 is 1.44 bits per heavy atom. The summed E-state index contributed by atoms with van der Waals surface area (Å²) >= 11 is 3.38. The number of anilines is 1. The monoisotopic (exact) mass is 275 g/mol. The topological polar surface area (TPSA) is 43.3 Å². The molecule has 0 aliphatic heterocycles. The van der Waals surface area contributed by atoms with Gasteiger partial charge in [-0.25, -0.2) is 4.98 Å². The Labute approximate surface area is 114 Å². The lowest BCUT2D eigenvalue weighted by Gasteiger charge is -2.04. The third kappa shape index (κ3) is 2.23. The third-order valence-electron chi connectivity index (χ3n) is 2.68. The molecule has 0 fully saturated rings. The van der Waals surface area contributed by atoms with Gasteiger partial charge >= 0.3 is 0 Å². The van der Waals surface area contributed by atoms with Crippen LogP contribution in [0.5, 0.6) is 0 Å². The van der Waals surface area contributed by atoms with Gasteiger partial charge in [-0.1, -0.05) is 6.07 Å². The molecule has 3 nitrogen and oxygen atoms in total. The summed E-state index contributed by atoms with van der Waals surface area (Å²) in [6.07, 6.45) is 4.10. The van der Waals surface area contributed by atoms with Crippen molar-refractivity contribution in [3.63, 3.8) is 0 Å². The minimum absolute atomic E-state index is 0.848. The van der Waals surface area contributed by atoms with Crippen LogP contribution in [0.3, 0.4) is 0 Å². The number of aromatic nitrogens is 2. The molecule has 0 amide bonds.